The number of amides is 1. The number of nitrogens with two attached hydrogens (primary N) is 2. The second-order valence-corrected chi connectivity index (χ2v) is 5.62. The molecule has 0 spiro atoms. The summed E-state index contributed by atoms with van der Waals surface area (Å²) in [6, 6.07) is 9.11. The lowest BCUT2D eigenvalue weighted by Crippen LogP contribution is -2.15. The lowest BCUT2D eigenvalue weighted by molar-refractivity contribution is -0.118. The van der Waals surface area contributed by atoms with Gasteiger partial charge in [-0.05, 0) is 30.7 Å². The average molecular weight is 349 g/mol. The lowest BCUT2D eigenvalue weighted by Gasteiger charge is -2.11. The van der Waals surface area contributed by atoms with Gasteiger partial charge in [0.15, 0.2) is 5.82 Å². The van der Waals surface area contributed by atoms with Gasteiger partial charge in [0.2, 0.25) is 5.91 Å². The summed E-state index contributed by atoms with van der Waals surface area (Å²) in [5.74, 6) is 1.61. The Labute approximate surface area is 145 Å². The van der Waals surface area contributed by atoms with E-state index in [9.17, 15) is 4.79 Å². The molecule has 0 aliphatic heterocycles. The van der Waals surface area contributed by atoms with E-state index in [2.05, 4.69) is 20.6 Å². The van der Waals surface area contributed by atoms with Crippen molar-refractivity contribution in [1.29, 1.82) is 0 Å². The Morgan fingerprint density at radius 3 is 2.29 bits per heavy atom. The van der Waals surface area contributed by atoms with E-state index in [1.807, 2.05) is 12.1 Å². The molecule has 0 aliphatic rings. The standard InChI is InChI=1S/C16H21ClN6O/c17-12-5-3-11(4-6-12)16-22-14(20-8-1-2-13(19)24)10-15(23-16)21-9-7-18/h3-6,10H,1-2,7-9,18H2,(H2,19,24)(H2,20,21,22,23). The number of rotatable bonds is 9. The molecule has 24 heavy (non-hydrogen) atoms. The summed E-state index contributed by atoms with van der Waals surface area (Å²) in [5, 5.41) is 6.98. The van der Waals surface area contributed by atoms with Crippen molar-refractivity contribution in [3.05, 3.63) is 35.4 Å². The van der Waals surface area contributed by atoms with E-state index in [0.717, 1.165) is 5.56 Å². The van der Waals surface area contributed by atoms with E-state index >= 15 is 0 Å². The summed E-state index contributed by atoms with van der Waals surface area (Å²) >= 11 is 5.92. The van der Waals surface area contributed by atoms with Crippen molar-refractivity contribution in [1.82, 2.24) is 9.97 Å². The van der Waals surface area contributed by atoms with Gasteiger partial charge in [0.1, 0.15) is 11.6 Å². The van der Waals surface area contributed by atoms with Gasteiger partial charge in [0, 0.05) is 42.7 Å². The second kappa shape index (κ2) is 9.05. The Morgan fingerprint density at radius 1 is 1.08 bits per heavy atom. The third kappa shape index (κ3) is 5.68. The third-order valence-electron chi connectivity index (χ3n) is 3.19. The number of benzene rings is 1. The van der Waals surface area contributed by atoms with E-state index < -0.39 is 0 Å². The van der Waals surface area contributed by atoms with E-state index in [4.69, 9.17) is 23.1 Å². The number of carbonyl (C=O) groups excluding carboxylic acids is 1. The molecule has 0 bridgehead atoms. The van der Waals surface area contributed by atoms with Crippen LogP contribution in [0, 0.1) is 0 Å². The molecular formula is C16H21ClN6O. The van der Waals surface area contributed by atoms with Crippen molar-refractivity contribution in [3.63, 3.8) is 0 Å². The molecule has 7 nitrogen and oxygen atoms in total. The molecule has 0 radical (unpaired) electrons. The number of hydrogen-bond donors (Lipinski definition) is 4. The number of nitrogens with one attached hydrogen (secondary N) is 2. The molecule has 1 aromatic carbocycles. The molecular weight excluding hydrogens is 328 g/mol. The highest BCUT2D eigenvalue weighted by Gasteiger charge is 2.07. The van der Waals surface area contributed by atoms with Crippen molar-refractivity contribution in [3.8, 4) is 11.4 Å². The second-order valence-electron chi connectivity index (χ2n) is 5.18. The molecule has 1 aromatic heterocycles. The van der Waals surface area contributed by atoms with Crippen LogP contribution < -0.4 is 22.1 Å². The number of anilines is 2. The minimum atomic E-state index is -0.313. The molecule has 2 rings (SSSR count). The van der Waals surface area contributed by atoms with E-state index in [0.29, 0.717) is 55.0 Å². The van der Waals surface area contributed by atoms with Gasteiger partial charge in [-0.2, -0.15) is 0 Å². The summed E-state index contributed by atoms with van der Waals surface area (Å²) in [7, 11) is 0. The minimum absolute atomic E-state index is 0.313. The molecule has 0 unspecified atom stereocenters. The highest BCUT2D eigenvalue weighted by Crippen LogP contribution is 2.22. The third-order valence-corrected chi connectivity index (χ3v) is 3.44. The molecule has 6 N–H and O–H groups in total. The summed E-state index contributed by atoms with van der Waals surface area (Å²) in [6.07, 6.45) is 0.974. The Balaban J connectivity index is 2.17. The van der Waals surface area contributed by atoms with Crippen molar-refractivity contribution in [2.45, 2.75) is 12.8 Å². The average Bonchev–Trinajstić information content (AvgIpc) is 2.57. The largest absolute Gasteiger partial charge is 0.370 e. The topological polar surface area (TPSA) is 119 Å². The highest BCUT2D eigenvalue weighted by molar-refractivity contribution is 6.30. The maximum absolute atomic E-state index is 10.8. The first-order chi connectivity index (χ1) is 11.6. The Morgan fingerprint density at radius 2 is 1.71 bits per heavy atom. The summed E-state index contributed by atoms with van der Waals surface area (Å²) in [6.45, 7) is 1.70. The normalized spacial score (nSPS) is 10.4. The number of primary amides is 1. The number of halogens is 1. The van der Waals surface area contributed by atoms with Crippen molar-refractivity contribution in [2.24, 2.45) is 11.5 Å². The van der Waals surface area contributed by atoms with Crippen molar-refractivity contribution < 1.29 is 4.79 Å². The molecule has 128 valence electrons. The van der Waals surface area contributed by atoms with Crippen LogP contribution in [0.2, 0.25) is 5.02 Å². The van der Waals surface area contributed by atoms with Gasteiger partial charge in [-0.25, -0.2) is 9.97 Å². The summed E-state index contributed by atoms with van der Waals surface area (Å²) in [4.78, 5) is 19.8. The zero-order valence-corrected chi connectivity index (χ0v) is 14.0. The molecule has 0 atom stereocenters. The van der Waals surface area contributed by atoms with Crippen molar-refractivity contribution >= 4 is 29.1 Å². The molecule has 1 heterocycles. The first-order valence-corrected chi connectivity index (χ1v) is 8.07. The lowest BCUT2D eigenvalue weighted by atomic mass is 10.2. The fraction of sp³-hybridized carbons (Fsp3) is 0.312. The maximum atomic E-state index is 10.8. The SMILES string of the molecule is NCCNc1cc(NCCCC(N)=O)nc(-c2ccc(Cl)cc2)n1. The van der Waals surface area contributed by atoms with Crippen LogP contribution >= 0.6 is 11.6 Å². The van der Waals surface area contributed by atoms with Crippen LogP contribution in [0.25, 0.3) is 11.4 Å². The van der Waals surface area contributed by atoms with Gasteiger partial charge in [0.05, 0.1) is 0 Å². The van der Waals surface area contributed by atoms with E-state index in [-0.39, 0.29) is 5.91 Å². The summed E-state index contributed by atoms with van der Waals surface area (Å²) < 4.78 is 0. The smallest absolute Gasteiger partial charge is 0.217 e. The first kappa shape index (κ1) is 18.0. The molecule has 0 saturated heterocycles. The van der Waals surface area contributed by atoms with Gasteiger partial charge in [0.25, 0.3) is 0 Å². The Hall–Kier alpha value is -2.38. The number of aromatic nitrogens is 2. The Kier molecular flexibility index (Phi) is 6.77. The Bertz CT molecular complexity index is 677. The fourth-order valence-electron chi connectivity index (χ4n) is 2.04. The number of nitrogens with zero attached hydrogens (tertiary/aromatic N) is 2. The van der Waals surface area contributed by atoms with Gasteiger partial charge in [-0.3, -0.25) is 4.79 Å². The molecule has 0 fully saturated rings. The predicted molar refractivity (Wildman–Crippen MR) is 96.9 cm³/mol. The van der Waals surface area contributed by atoms with Gasteiger partial charge in [-0.15, -0.1) is 0 Å². The number of carbonyl (C=O) groups is 1. The van der Waals surface area contributed by atoms with Crippen LogP contribution in [0.4, 0.5) is 11.6 Å². The first-order valence-electron chi connectivity index (χ1n) is 7.69. The van der Waals surface area contributed by atoms with E-state index in [1.165, 1.54) is 0 Å². The fourth-order valence-corrected chi connectivity index (χ4v) is 2.16. The highest BCUT2D eigenvalue weighted by atomic mass is 35.5. The van der Waals surface area contributed by atoms with Gasteiger partial charge >= 0.3 is 0 Å². The molecule has 0 aliphatic carbocycles. The van der Waals surface area contributed by atoms with Crippen LogP contribution in [-0.4, -0.2) is 35.5 Å². The van der Waals surface area contributed by atoms with Crippen LogP contribution in [0.3, 0.4) is 0 Å². The van der Waals surface area contributed by atoms with Crippen LogP contribution in [0.1, 0.15) is 12.8 Å². The molecule has 2 aromatic rings. The quantitative estimate of drug-likeness (QED) is 0.513. The molecule has 8 heteroatoms. The molecule has 0 saturated carbocycles. The predicted octanol–water partition coefficient (Wildman–Crippen LogP) is 1.85. The van der Waals surface area contributed by atoms with Gasteiger partial charge < -0.3 is 22.1 Å². The zero-order chi connectivity index (χ0) is 17.4. The van der Waals surface area contributed by atoms with E-state index in [1.54, 1.807) is 18.2 Å². The number of hydrogen-bond acceptors (Lipinski definition) is 6. The van der Waals surface area contributed by atoms with Crippen LogP contribution in [0.5, 0.6) is 0 Å². The maximum Gasteiger partial charge on any atom is 0.217 e. The zero-order valence-electron chi connectivity index (χ0n) is 13.3. The van der Waals surface area contributed by atoms with Gasteiger partial charge in [-0.1, -0.05) is 11.6 Å². The molecule has 1 amide bonds. The van der Waals surface area contributed by atoms with Crippen LogP contribution in [0.15, 0.2) is 30.3 Å². The summed E-state index contributed by atoms with van der Waals surface area (Å²) in [5.41, 5.74) is 11.5. The van der Waals surface area contributed by atoms with Crippen molar-refractivity contribution in [2.75, 3.05) is 30.3 Å². The minimum Gasteiger partial charge on any atom is -0.370 e. The monoisotopic (exact) mass is 348 g/mol. The van der Waals surface area contributed by atoms with Crippen LogP contribution in [-0.2, 0) is 4.79 Å².